The van der Waals surface area contributed by atoms with Gasteiger partial charge in [-0.3, -0.25) is 9.59 Å². The van der Waals surface area contributed by atoms with E-state index in [0.29, 0.717) is 11.6 Å². The lowest BCUT2D eigenvalue weighted by atomic mass is 10.2. The molecule has 0 aliphatic carbocycles. The van der Waals surface area contributed by atoms with Gasteiger partial charge in [0.15, 0.2) is 0 Å². The van der Waals surface area contributed by atoms with Gasteiger partial charge in [-0.05, 0) is 13.3 Å². The third kappa shape index (κ3) is 2.78. The zero-order chi connectivity index (χ0) is 12.1. The SMILES string of the molecule is CC/C=C(/C)C(=O)N1CSC[C@@H]1C(=O)NC. The summed E-state index contributed by atoms with van der Waals surface area (Å²) in [5.41, 5.74) is 0.721. The molecule has 0 aromatic heterocycles. The Labute approximate surface area is 100 Å². The number of allylic oxidation sites excluding steroid dienone is 1. The van der Waals surface area contributed by atoms with Gasteiger partial charge >= 0.3 is 0 Å². The summed E-state index contributed by atoms with van der Waals surface area (Å²) < 4.78 is 0. The van der Waals surface area contributed by atoms with Crippen molar-refractivity contribution in [2.75, 3.05) is 18.7 Å². The summed E-state index contributed by atoms with van der Waals surface area (Å²) in [6, 6.07) is -0.317. The van der Waals surface area contributed by atoms with Gasteiger partial charge in [-0.25, -0.2) is 0 Å². The maximum atomic E-state index is 12.0. The second kappa shape index (κ2) is 5.94. The topological polar surface area (TPSA) is 49.4 Å². The van der Waals surface area contributed by atoms with Crippen LogP contribution < -0.4 is 5.32 Å². The largest absolute Gasteiger partial charge is 0.357 e. The molecule has 1 N–H and O–H groups in total. The molecule has 1 saturated heterocycles. The molecule has 2 amide bonds. The number of nitrogens with zero attached hydrogens (tertiary/aromatic N) is 1. The minimum Gasteiger partial charge on any atom is -0.357 e. The van der Waals surface area contributed by atoms with E-state index >= 15 is 0 Å². The summed E-state index contributed by atoms with van der Waals surface area (Å²) in [4.78, 5) is 25.2. The van der Waals surface area contributed by atoms with Crippen LogP contribution in [0.4, 0.5) is 0 Å². The Balaban J connectivity index is 2.75. The average molecular weight is 242 g/mol. The summed E-state index contributed by atoms with van der Waals surface area (Å²) >= 11 is 1.61. The molecule has 1 atom stereocenters. The fraction of sp³-hybridized carbons (Fsp3) is 0.636. The molecule has 16 heavy (non-hydrogen) atoms. The second-order valence-corrected chi connectivity index (χ2v) is 4.70. The molecule has 1 heterocycles. The summed E-state index contributed by atoms with van der Waals surface area (Å²) in [5, 5.41) is 2.60. The predicted molar refractivity (Wildman–Crippen MR) is 66.1 cm³/mol. The van der Waals surface area contributed by atoms with E-state index in [-0.39, 0.29) is 17.9 Å². The molecule has 1 fully saturated rings. The average Bonchev–Trinajstić information content (AvgIpc) is 2.76. The number of hydrogen-bond donors (Lipinski definition) is 1. The molecular formula is C11H18N2O2S. The van der Waals surface area contributed by atoms with Crippen LogP contribution >= 0.6 is 11.8 Å². The van der Waals surface area contributed by atoms with E-state index < -0.39 is 0 Å². The van der Waals surface area contributed by atoms with Crippen molar-refractivity contribution in [2.24, 2.45) is 0 Å². The Hall–Kier alpha value is -0.970. The van der Waals surface area contributed by atoms with Crippen molar-refractivity contribution in [2.45, 2.75) is 26.3 Å². The van der Waals surface area contributed by atoms with Gasteiger partial charge in [-0.15, -0.1) is 11.8 Å². The lowest BCUT2D eigenvalue weighted by Gasteiger charge is -2.22. The Morgan fingerprint density at radius 3 is 2.81 bits per heavy atom. The van der Waals surface area contributed by atoms with E-state index in [1.54, 1.807) is 30.6 Å². The van der Waals surface area contributed by atoms with Crippen molar-refractivity contribution in [3.63, 3.8) is 0 Å². The van der Waals surface area contributed by atoms with Gasteiger partial charge in [-0.1, -0.05) is 13.0 Å². The normalized spacial score (nSPS) is 21.1. The van der Waals surface area contributed by atoms with Crippen molar-refractivity contribution in [3.05, 3.63) is 11.6 Å². The Bertz CT molecular complexity index is 315. The van der Waals surface area contributed by atoms with E-state index in [2.05, 4.69) is 5.32 Å². The lowest BCUT2D eigenvalue weighted by Crippen LogP contribution is -2.46. The van der Waals surface area contributed by atoms with E-state index in [0.717, 1.165) is 12.0 Å². The van der Waals surface area contributed by atoms with Crippen LogP contribution in [-0.2, 0) is 9.59 Å². The van der Waals surface area contributed by atoms with E-state index in [9.17, 15) is 9.59 Å². The highest BCUT2D eigenvalue weighted by molar-refractivity contribution is 7.99. The van der Waals surface area contributed by atoms with E-state index in [1.165, 1.54) is 0 Å². The van der Waals surface area contributed by atoms with Crippen LogP contribution in [0.3, 0.4) is 0 Å². The quantitative estimate of drug-likeness (QED) is 0.751. The third-order valence-electron chi connectivity index (χ3n) is 2.54. The van der Waals surface area contributed by atoms with Crippen LogP contribution in [0.2, 0.25) is 0 Å². The molecule has 0 bridgehead atoms. The minimum absolute atomic E-state index is 0.0274. The smallest absolute Gasteiger partial charge is 0.250 e. The van der Waals surface area contributed by atoms with Crippen LogP contribution in [0, 0.1) is 0 Å². The van der Waals surface area contributed by atoms with Crippen molar-refractivity contribution >= 4 is 23.6 Å². The first-order valence-electron chi connectivity index (χ1n) is 5.38. The summed E-state index contributed by atoms with van der Waals surface area (Å²) in [6.45, 7) is 3.79. The lowest BCUT2D eigenvalue weighted by molar-refractivity contribution is -0.135. The number of thioether (sulfide) groups is 1. The van der Waals surface area contributed by atoms with Crippen LogP contribution in [0.25, 0.3) is 0 Å². The summed E-state index contributed by atoms with van der Waals surface area (Å²) in [7, 11) is 1.60. The number of nitrogens with one attached hydrogen (secondary N) is 1. The highest BCUT2D eigenvalue weighted by Gasteiger charge is 2.34. The number of carbonyl (C=O) groups excluding carboxylic acids is 2. The van der Waals surface area contributed by atoms with Gasteiger partial charge in [0.25, 0.3) is 5.91 Å². The van der Waals surface area contributed by atoms with Gasteiger partial charge in [-0.2, -0.15) is 0 Å². The molecule has 5 heteroatoms. The Morgan fingerprint density at radius 2 is 2.25 bits per heavy atom. The first-order valence-corrected chi connectivity index (χ1v) is 6.54. The van der Waals surface area contributed by atoms with Gasteiger partial charge in [0.05, 0.1) is 5.88 Å². The number of hydrogen-bond acceptors (Lipinski definition) is 3. The Morgan fingerprint density at radius 1 is 1.56 bits per heavy atom. The molecule has 0 unspecified atom stereocenters. The molecule has 0 radical (unpaired) electrons. The van der Waals surface area contributed by atoms with E-state index in [4.69, 9.17) is 0 Å². The number of carbonyl (C=O) groups is 2. The maximum Gasteiger partial charge on any atom is 0.250 e. The highest BCUT2D eigenvalue weighted by atomic mass is 32.2. The molecule has 0 spiro atoms. The van der Waals surface area contributed by atoms with Crippen molar-refractivity contribution in [1.29, 1.82) is 0 Å². The van der Waals surface area contributed by atoms with Crippen LogP contribution in [0.5, 0.6) is 0 Å². The molecule has 1 rings (SSSR count). The van der Waals surface area contributed by atoms with Crippen molar-refractivity contribution in [3.8, 4) is 0 Å². The van der Waals surface area contributed by atoms with Crippen LogP contribution in [-0.4, -0.2) is 41.4 Å². The maximum absolute atomic E-state index is 12.0. The molecule has 1 aliphatic rings. The minimum atomic E-state index is -0.317. The first-order chi connectivity index (χ1) is 7.61. The Kier molecular flexibility index (Phi) is 4.86. The first kappa shape index (κ1) is 13.1. The molecule has 0 aromatic rings. The number of likely N-dealkylation sites (N-methyl/N-ethyl adjacent to an activating group) is 1. The zero-order valence-corrected chi connectivity index (χ0v) is 10.8. The van der Waals surface area contributed by atoms with Crippen molar-refractivity contribution < 1.29 is 9.59 Å². The van der Waals surface area contributed by atoms with Gasteiger partial charge in [0, 0.05) is 18.4 Å². The molecular weight excluding hydrogens is 224 g/mol. The molecule has 0 aromatic carbocycles. The fourth-order valence-corrected chi connectivity index (χ4v) is 2.80. The second-order valence-electron chi connectivity index (χ2n) is 3.70. The molecule has 4 nitrogen and oxygen atoms in total. The zero-order valence-electron chi connectivity index (χ0n) is 9.95. The fourth-order valence-electron chi connectivity index (χ4n) is 1.65. The van der Waals surface area contributed by atoms with Crippen molar-refractivity contribution in [1.82, 2.24) is 10.2 Å². The molecule has 1 aliphatic heterocycles. The predicted octanol–water partition coefficient (Wildman–Crippen LogP) is 0.990. The number of amides is 2. The molecule has 90 valence electrons. The summed E-state index contributed by atoms with van der Waals surface area (Å²) in [6.07, 6.45) is 2.73. The standard InChI is InChI=1S/C11H18N2O2S/c1-4-5-8(2)11(15)13-7-16-6-9(13)10(14)12-3/h5,9H,4,6-7H2,1-3H3,(H,12,14)/b8-5-/t9-/m1/s1. The monoisotopic (exact) mass is 242 g/mol. The van der Waals surface area contributed by atoms with E-state index in [1.807, 2.05) is 13.0 Å². The van der Waals surface area contributed by atoms with Gasteiger partial charge in [0.1, 0.15) is 6.04 Å². The van der Waals surface area contributed by atoms with Gasteiger partial charge in [0.2, 0.25) is 5.91 Å². The number of rotatable bonds is 3. The molecule has 0 saturated carbocycles. The third-order valence-corrected chi connectivity index (χ3v) is 3.55. The van der Waals surface area contributed by atoms with Crippen LogP contribution in [0.1, 0.15) is 20.3 Å². The van der Waals surface area contributed by atoms with Gasteiger partial charge < -0.3 is 10.2 Å². The van der Waals surface area contributed by atoms with Crippen LogP contribution in [0.15, 0.2) is 11.6 Å². The highest BCUT2D eigenvalue weighted by Crippen LogP contribution is 2.22. The summed E-state index contributed by atoms with van der Waals surface area (Å²) in [5.74, 6) is 1.18.